The second-order valence-corrected chi connectivity index (χ2v) is 7.40. The van der Waals surface area contributed by atoms with Crippen LogP contribution in [0.1, 0.15) is 31.4 Å². The molecule has 3 aromatic rings. The maximum absolute atomic E-state index is 11.8. The van der Waals surface area contributed by atoms with Gasteiger partial charge in [-0.15, -0.1) is 17.3 Å². The summed E-state index contributed by atoms with van der Waals surface area (Å²) < 4.78 is 10.2. The van der Waals surface area contributed by atoms with Crippen molar-refractivity contribution in [1.29, 1.82) is 0 Å². The highest BCUT2D eigenvalue weighted by molar-refractivity contribution is 7.78. The largest absolute Gasteiger partial charge is 0.469 e. The average Bonchev–Trinajstić information content (AvgIpc) is 2.99. The molecule has 0 bridgehead atoms. The van der Waals surface area contributed by atoms with E-state index in [9.17, 15) is 4.79 Å². The van der Waals surface area contributed by atoms with Gasteiger partial charge in [0, 0.05) is 25.7 Å². The Morgan fingerprint density at radius 2 is 1.92 bits per heavy atom. The Labute approximate surface area is 156 Å². The standard InChI is InChI=1S/C20H19NO2S2/c1-4-5-13-6-8-17-15(10-13)16-11-14(7-9-18(16)25-17)20(2,21-24)12-19(22)23-3/h6-11,21,24H,12H2,1-3H3/t20-/m0/s1. The molecule has 1 aromatic heterocycles. The van der Waals surface area contributed by atoms with Gasteiger partial charge in [0.2, 0.25) is 0 Å². The third-order valence-corrected chi connectivity index (χ3v) is 5.99. The number of esters is 1. The van der Waals surface area contributed by atoms with Crippen LogP contribution >= 0.6 is 24.2 Å². The lowest BCUT2D eigenvalue weighted by Gasteiger charge is -2.28. The molecule has 3 rings (SSSR count). The van der Waals surface area contributed by atoms with Gasteiger partial charge in [0.15, 0.2) is 0 Å². The van der Waals surface area contributed by atoms with E-state index in [4.69, 9.17) is 4.74 Å². The summed E-state index contributed by atoms with van der Waals surface area (Å²) in [6.45, 7) is 3.78. The zero-order valence-corrected chi connectivity index (χ0v) is 16.1. The van der Waals surface area contributed by atoms with Gasteiger partial charge >= 0.3 is 5.97 Å². The zero-order valence-electron chi connectivity index (χ0n) is 14.3. The number of rotatable bonds is 4. The van der Waals surface area contributed by atoms with Gasteiger partial charge in [-0.1, -0.05) is 24.8 Å². The highest BCUT2D eigenvalue weighted by atomic mass is 32.1. The molecule has 2 aromatic carbocycles. The first-order valence-corrected chi connectivity index (χ1v) is 9.15. The highest BCUT2D eigenvalue weighted by Gasteiger charge is 2.29. The topological polar surface area (TPSA) is 38.3 Å². The Balaban J connectivity index is 2.17. The Morgan fingerprint density at radius 1 is 1.24 bits per heavy atom. The summed E-state index contributed by atoms with van der Waals surface area (Å²) >= 11 is 6.00. The minimum atomic E-state index is -0.612. The van der Waals surface area contributed by atoms with Crippen molar-refractivity contribution in [2.45, 2.75) is 25.8 Å². The molecule has 0 spiro atoms. The number of fused-ring (bicyclic) bond motifs is 3. The fourth-order valence-corrected chi connectivity index (χ4v) is 4.18. The fourth-order valence-electron chi connectivity index (χ4n) is 2.91. The van der Waals surface area contributed by atoms with Crippen LogP contribution in [-0.4, -0.2) is 13.1 Å². The van der Waals surface area contributed by atoms with Crippen LogP contribution in [0.15, 0.2) is 36.4 Å². The SMILES string of the molecule is CC#Cc1ccc2sc3ccc([C@](C)(CC(=O)OC)NS)cc3c2c1. The van der Waals surface area contributed by atoms with Crippen molar-refractivity contribution >= 4 is 50.3 Å². The minimum Gasteiger partial charge on any atom is -0.469 e. The van der Waals surface area contributed by atoms with E-state index < -0.39 is 5.54 Å². The van der Waals surface area contributed by atoms with E-state index in [0.717, 1.165) is 16.5 Å². The molecule has 0 unspecified atom stereocenters. The van der Waals surface area contributed by atoms with Crippen molar-refractivity contribution in [3.8, 4) is 11.8 Å². The first-order valence-electron chi connectivity index (χ1n) is 7.88. The molecule has 0 saturated heterocycles. The van der Waals surface area contributed by atoms with Crippen LogP contribution in [0.5, 0.6) is 0 Å². The summed E-state index contributed by atoms with van der Waals surface area (Å²) in [6.07, 6.45) is 0.202. The van der Waals surface area contributed by atoms with Gasteiger partial charge in [-0.05, 0) is 49.7 Å². The number of carbonyl (C=O) groups is 1. The fraction of sp³-hybridized carbons (Fsp3) is 0.250. The number of hydrogen-bond acceptors (Lipinski definition) is 5. The van der Waals surface area contributed by atoms with Crippen LogP contribution in [0.3, 0.4) is 0 Å². The molecule has 1 atom stereocenters. The van der Waals surface area contributed by atoms with Crippen molar-refractivity contribution in [3.63, 3.8) is 0 Å². The van der Waals surface area contributed by atoms with Crippen molar-refractivity contribution in [2.24, 2.45) is 0 Å². The summed E-state index contributed by atoms with van der Waals surface area (Å²) in [5.74, 6) is 5.78. The summed E-state index contributed by atoms with van der Waals surface area (Å²) in [6, 6.07) is 12.6. The predicted molar refractivity (Wildman–Crippen MR) is 108 cm³/mol. The molecule has 0 aliphatic rings. The predicted octanol–water partition coefficient (Wildman–Crippen LogP) is 4.64. The van der Waals surface area contributed by atoms with Crippen LogP contribution in [0.25, 0.3) is 20.2 Å². The Bertz CT molecular complexity index is 1010. The minimum absolute atomic E-state index is 0.202. The first kappa shape index (κ1) is 17.8. The van der Waals surface area contributed by atoms with Crippen LogP contribution in [0.2, 0.25) is 0 Å². The molecule has 0 radical (unpaired) electrons. The molecule has 5 heteroatoms. The van der Waals surface area contributed by atoms with Crippen molar-refractivity contribution < 1.29 is 9.53 Å². The quantitative estimate of drug-likeness (QED) is 0.400. The van der Waals surface area contributed by atoms with Gasteiger partial charge in [0.1, 0.15) is 0 Å². The lowest BCUT2D eigenvalue weighted by Crippen LogP contribution is -2.36. The highest BCUT2D eigenvalue weighted by Crippen LogP contribution is 2.37. The number of hydrogen-bond donors (Lipinski definition) is 2. The maximum Gasteiger partial charge on any atom is 0.307 e. The number of nitrogens with one attached hydrogen (secondary N) is 1. The van der Waals surface area contributed by atoms with E-state index >= 15 is 0 Å². The van der Waals surface area contributed by atoms with E-state index in [1.807, 2.05) is 26.0 Å². The normalized spacial score (nSPS) is 13.3. The van der Waals surface area contributed by atoms with E-state index in [-0.39, 0.29) is 12.4 Å². The molecule has 0 aliphatic heterocycles. The Morgan fingerprint density at radius 3 is 2.56 bits per heavy atom. The lowest BCUT2D eigenvalue weighted by molar-refractivity contribution is -0.142. The van der Waals surface area contributed by atoms with Gasteiger partial charge in [-0.25, -0.2) is 0 Å². The summed E-state index contributed by atoms with van der Waals surface area (Å²) in [7, 11) is 1.40. The smallest absolute Gasteiger partial charge is 0.307 e. The Kier molecular flexibility index (Phi) is 5.05. The summed E-state index contributed by atoms with van der Waals surface area (Å²) in [5, 5.41) is 2.35. The molecule has 0 fully saturated rings. The monoisotopic (exact) mass is 369 g/mol. The van der Waals surface area contributed by atoms with Gasteiger partial charge in [-0.2, -0.15) is 0 Å². The van der Waals surface area contributed by atoms with Crippen LogP contribution in [0, 0.1) is 11.8 Å². The number of thiophene rings is 1. The number of methoxy groups -OCH3 is 1. The third kappa shape index (κ3) is 3.38. The molecule has 0 saturated carbocycles. The zero-order chi connectivity index (χ0) is 18.0. The second kappa shape index (κ2) is 7.09. The van der Waals surface area contributed by atoms with Crippen molar-refractivity contribution in [3.05, 3.63) is 47.5 Å². The first-order chi connectivity index (χ1) is 12.0. The lowest BCUT2D eigenvalue weighted by atomic mass is 9.89. The molecule has 1 heterocycles. The molecule has 0 aliphatic carbocycles. The van der Waals surface area contributed by atoms with Gasteiger partial charge < -0.3 is 4.74 Å². The second-order valence-electron chi connectivity index (χ2n) is 6.10. The number of thiol groups is 1. The van der Waals surface area contributed by atoms with E-state index in [0.29, 0.717) is 0 Å². The number of benzene rings is 2. The maximum atomic E-state index is 11.8. The molecule has 1 N–H and O–H groups in total. The summed E-state index contributed by atoms with van der Waals surface area (Å²) in [5.41, 5.74) is 1.39. The average molecular weight is 370 g/mol. The van der Waals surface area contributed by atoms with Crippen LogP contribution in [0.4, 0.5) is 0 Å². The van der Waals surface area contributed by atoms with Gasteiger partial charge in [0.05, 0.1) is 19.1 Å². The van der Waals surface area contributed by atoms with Crippen molar-refractivity contribution in [2.75, 3.05) is 7.11 Å². The van der Waals surface area contributed by atoms with Crippen molar-refractivity contribution in [1.82, 2.24) is 4.72 Å². The van der Waals surface area contributed by atoms with Crippen LogP contribution in [-0.2, 0) is 15.1 Å². The third-order valence-electron chi connectivity index (χ3n) is 4.35. The van der Waals surface area contributed by atoms with Gasteiger partial charge in [-0.3, -0.25) is 9.52 Å². The van der Waals surface area contributed by atoms with E-state index in [1.165, 1.54) is 21.9 Å². The number of carbonyl (C=O) groups excluding carboxylic acids is 1. The van der Waals surface area contributed by atoms with E-state index in [2.05, 4.69) is 53.6 Å². The Hall–Kier alpha value is -2.00. The molecule has 25 heavy (non-hydrogen) atoms. The molecular weight excluding hydrogens is 350 g/mol. The molecule has 3 nitrogen and oxygen atoms in total. The molecular formula is C20H19NO2S2. The molecule has 128 valence electrons. The number of ether oxygens (including phenoxy) is 1. The van der Waals surface area contributed by atoms with Gasteiger partial charge in [0.25, 0.3) is 0 Å². The summed E-state index contributed by atoms with van der Waals surface area (Å²) in [4.78, 5) is 11.8. The molecule has 0 amide bonds. The van der Waals surface area contributed by atoms with Crippen LogP contribution < -0.4 is 4.72 Å². The van der Waals surface area contributed by atoms with E-state index in [1.54, 1.807) is 11.3 Å².